The predicted octanol–water partition coefficient (Wildman–Crippen LogP) is 2.52. The fraction of sp³-hybridized carbons (Fsp3) is 0. The maximum atomic E-state index is 10.4. The lowest BCUT2D eigenvalue weighted by atomic mass is 10.1. The number of rotatable bonds is 2. The number of carboxylic acids is 1. The molecule has 0 aliphatic rings. The molecular formula is C13H11NO2. The molecule has 0 aliphatic carbocycles. The lowest BCUT2D eigenvalue weighted by Crippen LogP contribution is -1.86. The normalized spacial score (nSPS) is 11.0. The number of hydrogen-bond donors (Lipinski definition) is 2. The largest absolute Gasteiger partial charge is 0.478 e. The van der Waals surface area contributed by atoms with Crippen LogP contribution in [0, 0.1) is 0 Å². The van der Waals surface area contributed by atoms with Crippen LogP contribution >= 0.6 is 0 Å². The van der Waals surface area contributed by atoms with Crippen molar-refractivity contribution in [1.29, 1.82) is 0 Å². The molecule has 0 atom stereocenters. The summed E-state index contributed by atoms with van der Waals surface area (Å²) in [6.45, 7) is 0. The summed E-state index contributed by atoms with van der Waals surface area (Å²) < 4.78 is 0. The first-order valence-corrected chi connectivity index (χ1v) is 4.85. The van der Waals surface area contributed by atoms with Gasteiger partial charge in [-0.3, -0.25) is 0 Å². The van der Waals surface area contributed by atoms with Crippen molar-refractivity contribution in [2.75, 3.05) is 5.73 Å². The molecule has 0 saturated heterocycles. The molecule has 3 nitrogen and oxygen atoms in total. The van der Waals surface area contributed by atoms with Crippen LogP contribution in [0.4, 0.5) is 5.69 Å². The topological polar surface area (TPSA) is 63.3 Å². The van der Waals surface area contributed by atoms with Gasteiger partial charge in [0.25, 0.3) is 0 Å². The Labute approximate surface area is 92.8 Å². The third-order valence-corrected chi connectivity index (χ3v) is 2.31. The average Bonchev–Trinajstić information content (AvgIpc) is 2.26. The van der Waals surface area contributed by atoms with Crippen LogP contribution in [0.2, 0.25) is 0 Å². The maximum Gasteiger partial charge on any atom is 0.328 e. The molecule has 2 aromatic carbocycles. The molecule has 0 heterocycles. The van der Waals surface area contributed by atoms with E-state index in [0.717, 1.165) is 28.1 Å². The van der Waals surface area contributed by atoms with E-state index >= 15 is 0 Å². The molecule has 0 bridgehead atoms. The molecule has 3 heteroatoms. The number of carbonyl (C=O) groups is 1. The van der Waals surface area contributed by atoms with Crippen LogP contribution in [0.1, 0.15) is 5.56 Å². The first-order valence-electron chi connectivity index (χ1n) is 4.85. The summed E-state index contributed by atoms with van der Waals surface area (Å²) in [5.74, 6) is -0.947. The summed E-state index contributed by atoms with van der Waals surface area (Å²) in [5, 5.41) is 10.6. The van der Waals surface area contributed by atoms with E-state index in [9.17, 15) is 4.79 Å². The molecule has 0 saturated carbocycles. The highest BCUT2D eigenvalue weighted by molar-refractivity contribution is 5.89. The Balaban J connectivity index is 2.44. The van der Waals surface area contributed by atoms with Crippen molar-refractivity contribution >= 4 is 28.5 Å². The van der Waals surface area contributed by atoms with E-state index in [0.29, 0.717) is 0 Å². The minimum Gasteiger partial charge on any atom is -0.478 e. The molecule has 0 fully saturated rings. The molecule has 0 spiro atoms. The van der Waals surface area contributed by atoms with Gasteiger partial charge in [0.1, 0.15) is 0 Å². The Morgan fingerprint density at radius 1 is 1.12 bits per heavy atom. The van der Waals surface area contributed by atoms with Gasteiger partial charge in [0, 0.05) is 11.8 Å². The van der Waals surface area contributed by atoms with Crippen LogP contribution in [0.15, 0.2) is 42.5 Å². The maximum absolute atomic E-state index is 10.4. The van der Waals surface area contributed by atoms with Crippen molar-refractivity contribution in [2.24, 2.45) is 0 Å². The molecule has 2 aromatic rings. The smallest absolute Gasteiger partial charge is 0.328 e. The lowest BCUT2D eigenvalue weighted by molar-refractivity contribution is -0.131. The Bertz CT molecular complexity index is 573. The molecule has 0 radical (unpaired) electrons. The SMILES string of the molecule is Nc1ccc2cc(/C=C/C(=O)O)ccc2c1. The first-order chi connectivity index (χ1) is 7.65. The zero-order chi connectivity index (χ0) is 11.5. The molecule has 2 rings (SSSR count). The van der Waals surface area contributed by atoms with Crippen molar-refractivity contribution < 1.29 is 9.90 Å². The van der Waals surface area contributed by atoms with E-state index in [2.05, 4.69) is 0 Å². The summed E-state index contributed by atoms with van der Waals surface area (Å²) in [6.07, 6.45) is 2.69. The van der Waals surface area contributed by atoms with Crippen molar-refractivity contribution in [1.82, 2.24) is 0 Å². The standard InChI is InChI=1S/C13H11NO2/c14-12-5-4-10-7-9(2-6-13(15)16)1-3-11(10)8-12/h1-8H,14H2,(H,15,16)/b6-2+. The lowest BCUT2D eigenvalue weighted by Gasteiger charge is -2.00. The van der Waals surface area contributed by atoms with Crippen molar-refractivity contribution in [3.8, 4) is 0 Å². The second-order valence-electron chi connectivity index (χ2n) is 3.54. The highest BCUT2D eigenvalue weighted by Crippen LogP contribution is 2.19. The van der Waals surface area contributed by atoms with Gasteiger partial charge >= 0.3 is 5.97 Å². The van der Waals surface area contributed by atoms with E-state index < -0.39 is 5.97 Å². The molecule has 0 aliphatic heterocycles. The van der Waals surface area contributed by atoms with Crippen molar-refractivity contribution in [2.45, 2.75) is 0 Å². The summed E-state index contributed by atoms with van der Waals surface area (Å²) in [5.41, 5.74) is 7.25. The average molecular weight is 213 g/mol. The van der Waals surface area contributed by atoms with Crippen molar-refractivity contribution in [3.63, 3.8) is 0 Å². The third kappa shape index (κ3) is 2.20. The summed E-state index contributed by atoms with van der Waals surface area (Å²) in [4.78, 5) is 10.4. The van der Waals surface area contributed by atoms with Gasteiger partial charge in [0.15, 0.2) is 0 Å². The fourth-order valence-corrected chi connectivity index (χ4v) is 1.55. The van der Waals surface area contributed by atoms with Gasteiger partial charge in [-0.15, -0.1) is 0 Å². The minimum absolute atomic E-state index is 0.723. The highest BCUT2D eigenvalue weighted by Gasteiger charge is 1.95. The van der Waals surface area contributed by atoms with Crippen LogP contribution in [0.25, 0.3) is 16.8 Å². The number of hydrogen-bond acceptors (Lipinski definition) is 2. The van der Waals surface area contributed by atoms with Gasteiger partial charge in [0.05, 0.1) is 0 Å². The third-order valence-electron chi connectivity index (χ3n) is 2.31. The minimum atomic E-state index is -0.947. The summed E-state index contributed by atoms with van der Waals surface area (Å²) >= 11 is 0. The quantitative estimate of drug-likeness (QED) is 0.595. The predicted molar refractivity (Wildman–Crippen MR) is 65.0 cm³/mol. The van der Waals surface area contributed by atoms with Gasteiger partial charge in [0.2, 0.25) is 0 Å². The monoisotopic (exact) mass is 213 g/mol. The van der Waals surface area contributed by atoms with E-state index in [-0.39, 0.29) is 0 Å². The van der Waals surface area contributed by atoms with Gasteiger partial charge in [-0.25, -0.2) is 4.79 Å². The summed E-state index contributed by atoms with van der Waals surface area (Å²) in [6, 6.07) is 11.3. The molecule has 16 heavy (non-hydrogen) atoms. The van der Waals surface area contributed by atoms with E-state index in [1.54, 1.807) is 6.08 Å². The van der Waals surface area contributed by atoms with E-state index in [4.69, 9.17) is 10.8 Å². The van der Waals surface area contributed by atoms with Crippen LogP contribution in [-0.4, -0.2) is 11.1 Å². The van der Waals surface area contributed by atoms with Gasteiger partial charge in [-0.05, 0) is 40.6 Å². The Kier molecular flexibility index (Phi) is 2.60. The van der Waals surface area contributed by atoms with Crippen LogP contribution in [0.5, 0.6) is 0 Å². The van der Waals surface area contributed by atoms with Gasteiger partial charge in [-0.1, -0.05) is 18.2 Å². The van der Waals surface area contributed by atoms with Crippen molar-refractivity contribution in [3.05, 3.63) is 48.0 Å². The second kappa shape index (κ2) is 4.06. The highest BCUT2D eigenvalue weighted by atomic mass is 16.4. The van der Waals surface area contributed by atoms with E-state index in [1.807, 2.05) is 36.4 Å². The van der Waals surface area contributed by atoms with Crippen LogP contribution < -0.4 is 5.73 Å². The van der Waals surface area contributed by atoms with E-state index in [1.165, 1.54) is 0 Å². The Morgan fingerprint density at radius 2 is 1.81 bits per heavy atom. The molecule has 3 N–H and O–H groups in total. The molecule has 0 aromatic heterocycles. The zero-order valence-electron chi connectivity index (χ0n) is 8.55. The Morgan fingerprint density at radius 3 is 2.56 bits per heavy atom. The fourth-order valence-electron chi connectivity index (χ4n) is 1.55. The van der Waals surface area contributed by atoms with Crippen LogP contribution in [0.3, 0.4) is 0 Å². The number of carboxylic acid groups (broad SMARTS) is 1. The molecule has 80 valence electrons. The van der Waals surface area contributed by atoms with Crippen LogP contribution in [-0.2, 0) is 4.79 Å². The number of aliphatic carboxylic acids is 1. The number of anilines is 1. The molecule has 0 amide bonds. The second-order valence-corrected chi connectivity index (χ2v) is 3.54. The number of nitrogen functional groups attached to an aromatic ring is 1. The number of fused-ring (bicyclic) bond motifs is 1. The van der Waals surface area contributed by atoms with Gasteiger partial charge < -0.3 is 10.8 Å². The summed E-state index contributed by atoms with van der Waals surface area (Å²) in [7, 11) is 0. The Hall–Kier alpha value is -2.29. The first kappa shape index (κ1) is 10.2. The van der Waals surface area contributed by atoms with Gasteiger partial charge in [-0.2, -0.15) is 0 Å². The number of benzene rings is 2. The molecule has 0 unspecified atom stereocenters. The zero-order valence-corrected chi connectivity index (χ0v) is 8.55. The number of nitrogens with two attached hydrogens (primary N) is 1. The molecular weight excluding hydrogens is 202 g/mol.